The number of hydrogen-bond donors (Lipinski definition) is 0. The summed E-state index contributed by atoms with van der Waals surface area (Å²) in [5, 5.41) is 0. The summed E-state index contributed by atoms with van der Waals surface area (Å²) in [6, 6.07) is 13.8. The van der Waals surface area contributed by atoms with Crippen molar-refractivity contribution in [3.05, 3.63) is 62.7 Å². The van der Waals surface area contributed by atoms with Gasteiger partial charge in [-0.25, -0.2) is 0 Å². The maximum absolute atomic E-state index is 12.5. The van der Waals surface area contributed by atoms with E-state index in [-0.39, 0.29) is 5.91 Å². The standard InChI is InChI=1S/C16H16INO/c1-11-7-8-15(12(2)9-11)18(3)16(19)13-5-4-6-14(17)10-13/h4-10H,1-3H3. The summed E-state index contributed by atoms with van der Waals surface area (Å²) in [5.41, 5.74) is 3.99. The Morgan fingerprint density at radius 1 is 1.11 bits per heavy atom. The lowest BCUT2D eigenvalue weighted by molar-refractivity contribution is 0.0993. The first kappa shape index (κ1) is 14.1. The van der Waals surface area contributed by atoms with Crippen LogP contribution >= 0.6 is 22.6 Å². The van der Waals surface area contributed by atoms with Gasteiger partial charge < -0.3 is 4.90 Å². The predicted molar refractivity (Wildman–Crippen MR) is 87.8 cm³/mol. The lowest BCUT2D eigenvalue weighted by Gasteiger charge is -2.20. The average molecular weight is 365 g/mol. The largest absolute Gasteiger partial charge is 0.311 e. The molecule has 98 valence electrons. The molecule has 0 aliphatic carbocycles. The fraction of sp³-hybridized carbons (Fsp3) is 0.188. The summed E-state index contributed by atoms with van der Waals surface area (Å²) >= 11 is 2.22. The molecule has 2 rings (SSSR count). The molecule has 0 spiro atoms. The van der Waals surface area contributed by atoms with E-state index in [1.807, 2.05) is 50.4 Å². The molecule has 0 fully saturated rings. The Bertz CT molecular complexity index is 622. The van der Waals surface area contributed by atoms with E-state index in [0.717, 1.165) is 20.4 Å². The fourth-order valence-electron chi connectivity index (χ4n) is 2.11. The summed E-state index contributed by atoms with van der Waals surface area (Å²) in [5.74, 6) is 0.0190. The SMILES string of the molecule is Cc1ccc(N(C)C(=O)c2cccc(I)c2)c(C)c1. The van der Waals surface area contributed by atoms with Gasteiger partial charge in [-0.15, -0.1) is 0 Å². The monoisotopic (exact) mass is 365 g/mol. The quantitative estimate of drug-likeness (QED) is 0.731. The van der Waals surface area contributed by atoms with E-state index in [1.54, 1.807) is 4.90 Å². The molecule has 2 nitrogen and oxygen atoms in total. The van der Waals surface area contributed by atoms with Gasteiger partial charge in [0.15, 0.2) is 0 Å². The van der Waals surface area contributed by atoms with Crippen molar-refractivity contribution in [1.82, 2.24) is 0 Å². The second-order valence-electron chi connectivity index (χ2n) is 4.66. The molecule has 0 atom stereocenters. The number of carbonyl (C=O) groups is 1. The van der Waals surface area contributed by atoms with E-state index in [0.29, 0.717) is 0 Å². The van der Waals surface area contributed by atoms with Crippen LogP contribution in [-0.2, 0) is 0 Å². The molecular formula is C16H16INO. The topological polar surface area (TPSA) is 20.3 Å². The van der Waals surface area contributed by atoms with Gasteiger partial charge in [0, 0.05) is 21.9 Å². The Balaban J connectivity index is 2.33. The molecule has 0 bridgehead atoms. The number of aryl methyl sites for hydroxylation is 2. The maximum atomic E-state index is 12.5. The van der Waals surface area contributed by atoms with Crippen LogP contribution in [0.5, 0.6) is 0 Å². The maximum Gasteiger partial charge on any atom is 0.258 e. The molecule has 0 radical (unpaired) electrons. The molecule has 0 unspecified atom stereocenters. The van der Waals surface area contributed by atoms with Gasteiger partial charge in [0.25, 0.3) is 5.91 Å². The molecule has 3 heteroatoms. The van der Waals surface area contributed by atoms with Gasteiger partial charge in [-0.1, -0.05) is 23.8 Å². The van der Waals surface area contributed by atoms with Crippen LogP contribution in [0.3, 0.4) is 0 Å². The highest BCUT2D eigenvalue weighted by Gasteiger charge is 2.15. The number of anilines is 1. The number of carbonyl (C=O) groups excluding carboxylic acids is 1. The van der Waals surface area contributed by atoms with Crippen LogP contribution in [0.2, 0.25) is 0 Å². The number of amides is 1. The van der Waals surface area contributed by atoms with Crippen molar-refractivity contribution >= 4 is 34.2 Å². The first-order valence-corrected chi connectivity index (χ1v) is 7.18. The Labute approximate surface area is 127 Å². The Hall–Kier alpha value is -1.36. The third kappa shape index (κ3) is 3.15. The molecular weight excluding hydrogens is 349 g/mol. The smallest absolute Gasteiger partial charge is 0.258 e. The van der Waals surface area contributed by atoms with E-state index in [2.05, 4.69) is 35.6 Å². The minimum atomic E-state index is 0.0190. The van der Waals surface area contributed by atoms with Gasteiger partial charge in [-0.3, -0.25) is 4.79 Å². The van der Waals surface area contributed by atoms with Crippen LogP contribution in [0.4, 0.5) is 5.69 Å². The van der Waals surface area contributed by atoms with Crippen LogP contribution in [-0.4, -0.2) is 13.0 Å². The van der Waals surface area contributed by atoms with Gasteiger partial charge in [0.1, 0.15) is 0 Å². The number of nitrogens with zero attached hydrogens (tertiary/aromatic N) is 1. The molecule has 2 aromatic carbocycles. The summed E-state index contributed by atoms with van der Waals surface area (Å²) in [6.45, 7) is 4.08. The lowest BCUT2D eigenvalue weighted by Crippen LogP contribution is -2.26. The van der Waals surface area contributed by atoms with Crippen LogP contribution < -0.4 is 4.90 Å². The van der Waals surface area contributed by atoms with Crippen LogP contribution in [0, 0.1) is 17.4 Å². The molecule has 1 amide bonds. The van der Waals surface area contributed by atoms with E-state index in [4.69, 9.17) is 0 Å². The van der Waals surface area contributed by atoms with E-state index >= 15 is 0 Å². The van der Waals surface area contributed by atoms with E-state index in [9.17, 15) is 4.79 Å². The molecule has 0 aliphatic rings. The highest BCUT2D eigenvalue weighted by atomic mass is 127. The Morgan fingerprint density at radius 3 is 2.47 bits per heavy atom. The van der Waals surface area contributed by atoms with Gasteiger partial charge in [0.05, 0.1) is 0 Å². The summed E-state index contributed by atoms with van der Waals surface area (Å²) in [4.78, 5) is 14.2. The summed E-state index contributed by atoms with van der Waals surface area (Å²) in [7, 11) is 1.82. The van der Waals surface area contributed by atoms with E-state index < -0.39 is 0 Å². The Kier molecular flexibility index (Phi) is 4.24. The molecule has 0 N–H and O–H groups in total. The van der Waals surface area contributed by atoms with Crippen molar-refractivity contribution in [2.75, 3.05) is 11.9 Å². The minimum absolute atomic E-state index is 0.0190. The van der Waals surface area contributed by atoms with Crippen LogP contribution in [0.15, 0.2) is 42.5 Å². The molecule has 0 aromatic heterocycles. The van der Waals surface area contributed by atoms with Gasteiger partial charge >= 0.3 is 0 Å². The summed E-state index contributed by atoms with van der Waals surface area (Å²) < 4.78 is 1.07. The fourth-order valence-corrected chi connectivity index (χ4v) is 2.65. The lowest BCUT2D eigenvalue weighted by atomic mass is 10.1. The molecule has 0 heterocycles. The Morgan fingerprint density at radius 2 is 1.84 bits per heavy atom. The first-order chi connectivity index (χ1) is 8.99. The third-order valence-electron chi connectivity index (χ3n) is 3.09. The zero-order valence-electron chi connectivity index (χ0n) is 11.3. The molecule has 0 aliphatic heterocycles. The van der Waals surface area contributed by atoms with Crippen molar-refractivity contribution < 1.29 is 4.79 Å². The normalized spacial score (nSPS) is 10.3. The van der Waals surface area contributed by atoms with Crippen LogP contribution in [0.1, 0.15) is 21.5 Å². The number of benzene rings is 2. The van der Waals surface area contributed by atoms with Crippen molar-refractivity contribution in [2.24, 2.45) is 0 Å². The second kappa shape index (κ2) is 5.74. The van der Waals surface area contributed by atoms with Crippen molar-refractivity contribution in [2.45, 2.75) is 13.8 Å². The zero-order valence-corrected chi connectivity index (χ0v) is 13.4. The molecule has 19 heavy (non-hydrogen) atoms. The number of halogens is 1. The third-order valence-corrected chi connectivity index (χ3v) is 3.76. The molecule has 0 saturated heterocycles. The van der Waals surface area contributed by atoms with Crippen molar-refractivity contribution in [3.8, 4) is 0 Å². The minimum Gasteiger partial charge on any atom is -0.311 e. The molecule has 2 aromatic rings. The van der Waals surface area contributed by atoms with Crippen molar-refractivity contribution in [1.29, 1.82) is 0 Å². The van der Waals surface area contributed by atoms with Gasteiger partial charge in [-0.2, -0.15) is 0 Å². The van der Waals surface area contributed by atoms with Gasteiger partial charge in [-0.05, 0) is 66.3 Å². The highest BCUT2D eigenvalue weighted by Crippen LogP contribution is 2.22. The second-order valence-corrected chi connectivity index (χ2v) is 5.91. The zero-order chi connectivity index (χ0) is 14.0. The van der Waals surface area contributed by atoms with Gasteiger partial charge in [0.2, 0.25) is 0 Å². The van der Waals surface area contributed by atoms with Crippen LogP contribution in [0.25, 0.3) is 0 Å². The number of hydrogen-bond acceptors (Lipinski definition) is 1. The predicted octanol–water partition coefficient (Wildman–Crippen LogP) is 4.18. The first-order valence-electron chi connectivity index (χ1n) is 6.10. The highest BCUT2D eigenvalue weighted by molar-refractivity contribution is 14.1. The average Bonchev–Trinajstić information content (AvgIpc) is 2.37. The van der Waals surface area contributed by atoms with E-state index in [1.165, 1.54) is 5.56 Å². The van der Waals surface area contributed by atoms with Crippen molar-refractivity contribution in [3.63, 3.8) is 0 Å². The number of rotatable bonds is 2. The molecule has 0 saturated carbocycles. The summed E-state index contributed by atoms with van der Waals surface area (Å²) in [6.07, 6.45) is 0.